The summed E-state index contributed by atoms with van der Waals surface area (Å²) in [5.74, 6) is 0.405. The molecule has 2 heterocycles. The van der Waals surface area contributed by atoms with Crippen LogP contribution >= 0.6 is 0 Å². The van der Waals surface area contributed by atoms with Crippen molar-refractivity contribution in [1.82, 2.24) is 19.7 Å². The number of rotatable bonds is 4. The molecule has 0 amide bonds. The van der Waals surface area contributed by atoms with Crippen LogP contribution in [0, 0.1) is 12.7 Å². The highest BCUT2D eigenvalue weighted by atomic mass is 19.1. The Kier molecular flexibility index (Phi) is 3.59. The van der Waals surface area contributed by atoms with Gasteiger partial charge in [0.15, 0.2) is 5.82 Å². The number of anilines is 1. The highest BCUT2D eigenvalue weighted by Crippen LogP contribution is 2.18. The third-order valence-corrected chi connectivity index (χ3v) is 3.09. The summed E-state index contributed by atoms with van der Waals surface area (Å²) in [4.78, 5) is 8.19. The number of pyridine rings is 1. The second-order valence-corrected chi connectivity index (χ2v) is 4.66. The summed E-state index contributed by atoms with van der Waals surface area (Å²) in [5.41, 5.74) is 2.41. The van der Waals surface area contributed by atoms with E-state index in [4.69, 9.17) is 0 Å². The molecule has 0 saturated carbocycles. The molecule has 3 aromatic rings. The molecule has 6 heteroatoms. The molecule has 0 unspecified atom stereocenters. The third-order valence-electron chi connectivity index (χ3n) is 3.09. The van der Waals surface area contributed by atoms with E-state index in [0.29, 0.717) is 17.9 Å². The Balaban J connectivity index is 1.84. The van der Waals surface area contributed by atoms with Crippen molar-refractivity contribution >= 4 is 5.69 Å². The first kappa shape index (κ1) is 13.2. The van der Waals surface area contributed by atoms with Crippen LogP contribution in [0.2, 0.25) is 0 Å². The average molecular weight is 283 g/mol. The molecule has 0 saturated heterocycles. The normalized spacial score (nSPS) is 10.6. The lowest BCUT2D eigenvalue weighted by atomic mass is 10.1. The summed E-state index contributed by atoms with van der Waals surface area (Å²) in [7, 11) is 0. The number of halogens is 1. The van der Waals surface area contributed by atoms with Crippen molar-refractivity contribution in [1.29, 1.82) is 0 Å². The van der Waals surface area contributed by atoms with Crippen LogP contribution < -0.4 is 5.32 Å². The van der Waals surface area contributed by atoms with Crippen LogP contribution in [0.15, 0.2) is 49.2 Å². The zero-order chi connectivity index (χ0) is 14.7. The SMILES string of the molecule is Cc1ccc(F)c(CNc2cccnc2-n2cncn2)c1. The molecule has 1 aromatic carbocycles. The van der Waals surface area contributed by atoms with Crippen molar-refractivity contribution in [2.24, 2.45) is 0 Å². The highest BCUT2D eigenvalue weighted by molar-refractivity contribution is 5.56. The van der Waals surface area contributed by atoms with Gasteiger partial charge in [-0.15, -0.1) is 0 Å². The summed E-state index contributed by atoms with van der Waals surface area (Å²) < 4.78 is 15.3. The minimum absolute atomic E-state index is 0.223. The maximum atomic E-state index is 13.8. The van der Waals surface area contributed by atoms with E-state index in [1.165, 1.54) is 12.4 Å². The zero-order valence-electron chi connectivity index (χ0n) is 11.5. The number of nitrogens with zero attached hydrogens (tertiary/aromatic N) is 4. The monoisotopic (exact) mass is 283 g/mol. The summed E-state index contributed by atoms with van der Waals surface area (Å²) in [6.07, 6.45) is 4.69. The van der Waals surface area contributed by atoms with Crippen LogP contribution in [0.25, 0.3) is 5.82 Å². The average Bonchev–Trinajstić information content (AvgIpc) is 3.03. The largest absolute Gasteiger partial charge is 0.378 e. The molecule has 5 nitrogen and oxygen atoms in total. The van der Waals surface area contributed by atoms with Gasteiger partial charge < -0.3 is 5.32 Å². The van der Waals surface area contributed by atoms with Crippen LogP contribution in [0.3, 0.4) is 0 Å². The zero-order valence-corrected chi connectivity index (χ0v) is 11.5. The molecule has 0 aliphatic carbocycles. The molecule has 0 aliphatic rings. The standard InChI is InChI=1S/C15H14FN5/c1-11-4-5-13(16)12(7-11)8-19-14-3-2-6-18-15(14)21-10-17-9-20-21/h2-7,9-10,19H,8H2,1H3. The second-order valence-electron chi connectivity index (χ2n) is 4.66. The van der Waals surface area contributed by atoms with Gasteiger partial charge in [0.1, 0.15) is 18.5 Å². The van der Waals surface area contributed by atoms with Gasteiger partial charge in [-0.05, 0) is 25.1 Å². The van der Waals surface area contributed by atoms with Crippen molar-refractivity contribution in [3.63, 3.8) is 0 Å². The first-order valence-corrected chi connectivity index (χ1v) is 6.53. The van der Waals surface area contributed by atoms with Gasteiger partial charge in [-0.1, -0.05) is 17.7 Å². The van der Waals surface area contributed by atoms with Gasteiger partial charge in [-0.3, -0.25) is 0 Å². The van der Waals surface area contributed by atoms with Crippen LogP contribution in [0.5, 0.6) is 0 Å². The van der Waals surface area contributed by atoms with Crippen molar-refractivity contribution in [3.05, 3.63) is 66.1 Å². The Morgan fingerprint density at radius 3 is 3.00 bits per heavy atom. The van der Waals surface area contributed by atoms with Gasteiger partial charge >= 0.3 is 0 Å². The number of hydrogen-bond donors (Lipinski definition) is 1. The van der Waals surface area contributed by atoms with Crippen LogP contribution in [-0.2, 0) is 6.54 Å². The molecule has 1 N–H and O–H groups in total. The van der Waals surface area contributed by atoms with E-state index in [1.54, 1.807) is 23.3 Å². The van der Waals surface area contributed by atoms with E-state index in [-0.39, 0.29) is 5.82 Å². The van der Waals surface area contributed by atoms with Crippen molar-refractivity contribution in [3.8, 4) is 5.82 Å². The quantitative estimate of drug-likeness (QED) is 0.800. The molecule has 21 heavy (non-hydrogen) atoms. The number of nitrogens with one attached hydrogen (secondary N) is 1. The second kappa shape index (κ2) is 5.70. The fourth-order valence-corrected chi connectivity index (χ4v) is 2.06. The lowest BCUT2D eigenvalue weighted by Gasteiger charge is -2.11. The molecule has 0 bridgehead atoms. The molecule has 0 fully saturated rings. The summed E-state index contributed by atoms with van der Waals surface area (Å²) in [6, 6.07) is 8.75. The van der Waals surface area contributed by atoms with Crippen molar-refractivity contribution < 1.29 is 4.39 Å². The van der Waals surface area contributed by atoms with Gasteiger partial charge in [0.2, 0.25) is 0 Å². The maximum absolute atomic E-state index is 13.8. The molecule has 106 valence electrons. The van der Waals surface area contributed by atoms with E-state index in [0.717, 1.165) is 11.3 Å². The number of aromatic nitrogens is 4. The Bertz CT molecular complexity index is 740. The minimum Gasteiger partial charge on any atom is -0.378 e. The minimum atomic E-state index is -0.223. The Labute approximate surface area is 121 Å². The first-order valence-electron chi connectivity index (χ1n) is 6.53. The van der Waals surface area contributed by atoms with E-state index < -0.39 is 0 Å². The van der Waals surface area contributed by atoms with E-state index in [9.17, 15) is 4.39 Å². The summed E-state index contributed by atoms with van der Waals surface area (Å²) in [5, 5.41) is 7.26. The van der Waals surface area contributed by atoms with E-state index >= 15 is 0 Å². The molecular formula is C15H14FN5. The van der Waals surface area contributed by atoms with Gasteiger partial charge in [0.05, 0.1) is 5.69 Å². The number of benzene rings is 1. The fraction of sp³-hybridized carbons (Fsp3) is 0.133. The molecule has 2 aromatic heterocycles. The van der Waals surface area contributed by atoms with Crippen LogP contribution in [-0.4, -0.2) is 19.7 Å². The molecule has 0 atom stereocenters. The fourth-order valence-electron chi connectivity index (χ4n) is 2.06. The Morgan fingerprint density at radius 2 is 2.19 bits per heavy atom. The topological polar surface area (TPSA) is 55.6 Å². The Morgan fingerprint density at radius 1 is 1.29 bits per heavy atom. The predicted octanol–water partition coefficient (Wildman–Crippen LogP) is 2.72. The molecule has 0 radical (unpaired) electrons. The first-order chi connectivity index (χ1) is 10.2. The third kappa shape index (κ3) is 2.89. The lowest BCUT2D eigenvalue weighted by Crippen LogP contribution is -2.07. The number of hydrogen-bond acceptors (Lipinski definition) is 4. The summed E-state index contributed by atoms with van der Waals surface area (Å²) in [6.45, 7) is 2.31. The highest BCUT2D eigenvalue weighted by Gasteiger charge is 2.07. The van der Waals surface area contributed by atoms with Crippen LogP contribution in [0.4, 0.5) is 10.1 Å². The predicted molar refractivity (Wildman–Crippen MR) is 77.6 cm³/mol. The lowest BCUT2D eigenvalue weighted by molar-refractivity contribution is 0.612. The van der Waals surface area contributed by atoms with Gasteiger partial charge in [-0.2, -0.15) is 5.10 Å². The molecule has 3 rings (SSSR count). The van der Waals surface area contributed by atoms with Crippen molar-refractivity contribution in [2.75, 3.05) is 5.32 Å². The number of aryl methyl sites for hydroxylation is 1. The van der Waals surface area contributed by atoms with Crippen LogP contribution in [0.1, 0.15) is 11.1 Å². The Hall–Kier alpha value is -2.76. The van der Waals surface area contributed by atoms with Gasteiger partial charge in [0, 0.05) is 18.3 Å². The van der Waals surface area contributed by atoms with E-state index in [2.05, 4.69) is 20.4 Å². The maximum Gasteiger partial charge on any atom is 0.178 e. The van der Waals surface area contributed by atoms with E-state index in [1.807, 2.05) is 25.1 Å². The molecular weight excluding hydrogens is 269 g/mol. The summed E-state index contributed by atoms with van der Waals surface area (Å²) >= 11 is 0. The smallest absolute Gasteiger partial charge is 0.178 e. The van der Waals surface area contributed by atoms with Gasteiger partial charge in [-0.25, -0.2) is 19.0 Å². The molecule has 0 spiro atoms. The van der Waals surface area contributed by atoms with Gasteiger partial charge in [0.25, 0.3) is 0 Å². The molecule has 0 aliphatic heterocycles. The van der Waals surface area contributed by atoms with Crippen molar-refractivity contribution in [2.45, 2.75) is 13.5 Å².